The number of benzene rings is 1. The quantitative estimate of drug-likeness (QED) is 0.494. The van der Waals surface area contributed by atoms with E-state index in [0.29, 0.717) is 12.2 Å². The molecule has 0 amide bonds. The molecular weight excluding hydrogens is 260 g/mol. The molecule has 0 bridgehead atoms. The van der Waals surface area contributed by atoms with Gasteiger partial charge in [0.2, 0.25) is 11.6 Å². The van der Waals surface area contributed by atoms with Crippen LogP contribution in [0, 0.1) is 0 Å². The Labute approximate surface area is 114 Å². The molecule has 2 aromatic rings. The van der Waals surface area contributed by atoms with Gasteiger partial charge in [-0.05, 0) is 17.7 Å². The zero-order valence-electron chi connectivity index (χ0n) is 10.5. The van der Waals surface area contributed by atoms with Crippen molar-refractivity contribution in [1.82, 2.24) is 0 Å². The number of ketones is 2. The normalized spacial score (nSPS) is 10.2. The van der Waals surface area contributed by atoms with Gasteiger partial charge in [-0.15, -0.1) is 0 Å². The number of carbonyl (C=O) groups excluding carboxylic acids is 2. The lowest BCUT2D eigenvalue weighted by molar-refractivity contribution is -0.148. The van der Waals surface area contributed by atoms with Gasteiger partial charge >= 0.3 is 5.97 Å². The monoisotopic (exact) mass is 272 g/mol. The summed E-state index contributed by atoms with van der Waals surface area (Å²) < 4.78 is 5.34. The van der Waals surface area contributed by atoms with E-state index < -0.39 is 24.0 Å². The Morgan fingerprint density at radius 2 is 1.70 bits per heavy atom. The van der Waals surface area contributed by atoms with Crippen molar-refractivity contribution in [3.63, 3.8) is 0 Å². The van der Waals surface area contributed by atoms with E-state index in [1.165, 1.54) is 6.07 Å². The Morgan fingerprint density at radius 3 is 2.35 bits per heavy atom. The first-order valence-corrected chi connectivity index (χ1v) is 5.98. The molecule has 0 saturated heterocycles. The maximum Gasteiger partial charge on any atom is 0.372 e. The lowest BCUT2D eigenvalue weighted by Crippen LogP contribution is -2.16. The van der Waals surface area contributed by atoms with Crippen molar-refractivity contribution >= 4 is 17.5 Å². The van der Waals surface area contributed by atoms with Crippen LogP contribution >= 0.6 is 0 Å². The van der Waals surface area contributed by atoms with Gasteiger partial charge in [0.1, 0.15) is 5.76 Å². The molecular formula is C15H12O5. The van der Waals surface area contributed by atoms with Gasteiger partial charge in [0.25, 0.3) is 0 Å². The molecule has 1 heterocycles. The maximum absolute atomic E-state index is 11.6. The van der Waals surface area contributed by atoms with Crippen molar-refractivity contribution in [1.29, 1.82) is 0 Å². The zero-order chi connectivity index (χ0) is 14.5. The molecule has 0 fully saturated rings. The van der Waals surface area contributed by atoms with Gasteiger partial charge in [-0.1, -0.05) is 30.3 Å². The molecule has 0 radical (unpaired) electrons. The fraction of sp³-hybridized carbons (Fsp3) is 0.133. The molecule has 0 aliphatic rings. The molecule has 0 aliphatic heterocycles. The number of carboxylic acid groups (broad SMARTS) is 1. The minimum atomic E-state index is -1.62. The fourth-order valence-electron chi connectivity index (χ4n) is 1.73. The SMILES string of the molecule is O=C(O)C(=O)CC(=O)c1ccc(Cc2ccccc2)o1. The lowest BCUT2D eigenvalue weighted by Gasteiger charge is -1.97. The number of hydrogen-bond donors (Lipinski definition) is 1. The first-order valence-electron chi connectivity index (χ1n) is 5.98. The third kappa shape index (κ3) is 3.41. The van der Waals surface area contributed by atoms with Crippen LogP contribution in [0.3, 0.4) is 0 Å². The Hall–Kier alpha value is -2.69. The topological polar surface area (TPSA) is 84.6 Å². The number of Topliss-reactive ketones (excluding diaryl/α,β-unsaturated/α-hetero) is 2. The first kappa shape index (κ1) is 13.7. The van der Waals surface area contributed by atoms with Crippen molar-refractivity contribution < 1.29 is 23.9 Å². The van der Waals surface area contributed by atoms with E-state index in [9.17, 15) is 14.4 Å². The Kier molecular flexibility index (Phi) is 4.10. The summed E-state index contributed by atoms with van der Waals surface area (Å²) in [6.07, 6.45) is -0.158. The molecule has 1 aromatic heterocycles. The predicted octanol–water partition coefficient (Wildman–Crippen LogP) is 2.10. The average Bonchev–Trinajstić information content (AvgIpc) is 2.88. The van der Waals surface area contributed by atoms with Crippen LogP contribution in [0.2, 0.25) is 0 Å². The third-order valence-electron chi connectivity index (χ3n) is 2.72. The van der Waals surface area contributed by atoms with Crippen molar-refractivity contribution in [2.45, 2.75) is 12.8 Å². The molecule has 0 atom stereocenters. The highest BCUT2D eigenvalue weighted by molar-refractivity contribution is 6.37. The van der Waals surface area contributed by atoms with Crippen molar-refractivity contribution in [3.8, 4) is 0 Å². The van der Waals surface area contributed by atoms with Gasteiger partial charge in [0.15, 0.2) is 5.76 Å². The van der Waals surface area contributed by atoms with Crippen molar-refractivity contribution in [2.75, 3.05) is 0 Å². The first-order chi connectivity index (χ1) is 9.56. The lowest BCUT2D eigenvalue weighted by atomic mass is 10.1. The number of rotatable bonds is 6. The van der Waals surface area contributed by atoms with E-state index in [2.05, 4.69) is 0 Å². The number of carboxylic acids is 1. The van der Waals surface area contributed by atoms with Crippen LogP contribution in [0.15, 0.2) is 46.9 Å². The second kappa shape index (κ2) is 5.97. The second-order valence-electron chi connectivity index (χ2n) is 4.26. The summed E-state index contributed by atoms with van der Waals surface area (Å²) in [5, 5.41) is 8.45. The van der Waals surface area contributed by atoms with E-state index in [1.54, 1.807) is 6.07 Å². The molecule has 0 unspecified atom stereocenters. The second-order valence-corrected chi connectivity index (χ2v) is 4.26. The average molecular weight is 272 g/mol. The summed E-state index contributed by atoms with van der Waals surface area (Å²) in [5.74, 6) is -2.80. The number of furan rings is 1. The molecule has 5 heteroatoms. The minimum absolute atomic E-state index is 0.00512. The molecule has 5 nitrogen and oxygen atoms in total. The molecule has 0 spiro atoms. The fourth-order valence-corrected chi connectivity index (χ4v) is 1.73. The zero-order valence-corrected chi connectivity index (χ0v) is 10.5. The van der Waals surface area contributed by atoms with Gasteiger partial charge in [0.05, 0.1) is 6.42 Å². The Morgan fingerprint density at radius 1 is 1.00 bits per heavy atom. The van der Waals surface area contributed by atoms with E-state index in [-0.39, 0.29) is 5.76 Å². The summed E-state index contributed by atoms with van der Waals surface area (Å²) in [6.45, 7) is 0. The summed E-state index contributed by atoms with van der Waals surface area (Å²) in [4.78, 5) is 33.0. The van der Waals surface area contributed by atoms with Crippen LogP contribution in [-0.2, 0) is 16.0 Å². The van der Waals surface area contributed by atoms with Gasteiger partial charge in [0, 0.05) is 6.42 Å². The molecule has 20 heavy (non-hydrogen) atoms. The van der Waals surface area contributed by atoms with E-state index in [0.717, 1.165) is 5.56 Å². The van der Waals surface area contributed by atoms with Gasteiger partial charge in [-0.2, -0.15) is 0 Å². The van der Waals surface area contributed by atoms with Gasteiger partial charge in [-0.3, -0.25) is 9.59 Å². The number of hydrogen-bond acceptors (Lipinski definition) is 4. The van der Waals surface area contributed by atoms with Crippen LogP contribution in [0.4, 0.5) is 0 Å². The molecule has 0 aliphatic carbocycles. The molecule has 1 aromatic carbocycles. The highest BCUT2D eigenvalue weighted by Gasteiger charge is 2.20. The van der Waals surface area contributed by atoms with Crippen molar-refractivity contribution in [2.24, 2.45) is 0 Å². The van der Waals surface area contributed by atoms with Gasteiger partial charge in [-0.25, -0.2) is 4.79 Å². The maximum atomic E-state index is 11.6. The molecule has 1 N–H and O–H groups in total. The Balaban J connectivity index is 2.04. The standard InChI is InChI=1S/C15H12O5/c16-12(9-13(17)15(18)19)14-7-6-11(20-14)8-10-4-2-1-3-5-10/h1-7H,8-9H2,(H,18,19). The van der Waals surface area contributed by atoms with E-state index in [4.69, 9.17) is 9.52 Å². The highest BCUT2D eigenvalue weighted by Crippen LogP contribution is 2.14. The summed E-state index contributed by atoms with van der Waals surface area (Å²) in [5.41, 5.74) is 1.03. The van der Waals surface area contributed by atoms with Crippen LogP contribution in [-0.4, -0.2) is 22.6 Å². The largest absolute Gasteiger partial charge is 0.475 e. The number of carbonyl (C=O) groups is 3. The van der Waals surface area contributed by atoms with Crippen LogP contribution in [0.5, 0.6) is 0 Å². The molecule has 102 valence electrons. The molecule has 0 saturated carbocycles. The smallest absolute Gasteiger partial charge is 0.372 e. The van der Waals surface area contributed by atoms with E-state index in [1.807, 2.05) is 30.3 Å². The summed E-state index contributed by atoms with van der Waals surface area (Å²) in [6, 6.07) is 12.7. The summed E-state index contributed by atoms with van der Waals surface area (Å²) in [7, 11) is 0. The van der Waals surface area contributed by atoms with Gasteiger partial charge < -0.3 is 9.52 Å². The van der Waals surface area contributed by atoms with Crippen molar-refractivity contribution in [3.05, 3.63) is 59.5 Å². The highest BCUT2D eigenvalue weighted by atomic mass is 16.4. The van der Waals surface area contributed by atoms with E-state index >= 15 is 0 Å². The number of aliphatic carboxylic acids is 1. The third-order valence-corrected chi connectivity index (χ3v) is 2.72. The van der Waals surface area contributed by atoms with Crippen LogP contribution < -0.4 is 0 Å². The van der Waals surface area contributed by atoms with Crippen LogP contribution in [0.1, 0.15) is 28.3 Å². The Bertz CT molecular complexity index is 639. The minimum Gasteiger partial charge on any atom is -0.475 e. The predicted molar refractivity (Wildman–Crippen MR) is 69.5 cm³/mol. The molecule has 2 rings (SSSR count). The van der Waals surface area contributed by atoms with Crippen LogP contribution in [0.25, 0.3) is 0 Å². The summed E-state index contributed by atoms with van der Waals surface area (Å²) >= 11 is 0.